The van der Waals surface area contributed by atoms with Gasteiger partial charge in [-0.1, -0.05) is 13.8 Å². The van der Waals surface area contributed by atoms with Crippen LogP contribution in [0.25, 0.3) is 0 Å². The van der Waals surface area contributed by atoms with Crippen LogP contribution in [0.4, 0.5) is 5.69 Å². The lowest BCUT2D eigenvalue weighted by Crippen LogP contribution is -2.61. The smallest absolute Gasteiger partial charge is 0.272 e. The van der Waals surface area contributed by atoms with Crippen molar-refractivity contribution in [3.63, 3.8) is 0 Å². The maximum absolute atomic E-state index is 10.9. The normalized spacial score (nSPS) is 28.9. The van der Waals surface area contributed by atoms with Crippen LogP contribution in [0.15, 0.2) is 12.1 Å². The Morgan fingerprint density at radius 2 is 2.10 bits per heavy atom. The number of nitro benzene ring substituents is 1. The molecule has 2 rings (SSSR count). The molecular weight excluding hydrogens is 256 g/mol. The SMILES string of the molecule is CCC1(C)C(N)CC1Oc1cc(C)c([N+](=O)[O-])cc1C. The van der Waals surface area contributed by atoms with E-state index >= 15 is 0 Å². The lowest BCUT2D eigenvalue weighted by Gasteiger charge is -2.51. The first-order valence-corrected chi connectivity index (χ1v) is 6.97. The van der Waals surface area contributed by atoms with Gasteiger partial charge in [0.25, 0.3) is 5.69 Å². The molecule has 0 saturated heterocycles. The van der Waals surface area contributed by atoms with Gasteiger partial charge in [0.1, 0.15) is 11.9 Å². The molecule has 1 aliphatic rings. The number of benzene rings is 1. The second-order valence-electron chi connectivity index (χ2n) is 5.97. The Labute approximate surface area is 119 Å². The van der Waals surface area contributed by atoms with E-state index in [1.807, 2.05) is 6.92 Å². The minimum atomic E-state index is -0.360. The summed E-state index contributed by atoms with van der Waals surface area (Å²) in [6, 6.07) is 3.50. The van der Waals surface area contributed by atoms with E-state index in [4.69, 9.17) is 10.5 Å². The Kier molecular flexibility index (Phi) is 3.73. The molecule has 20 heavy (non-hydrogen) atoms. The summed E-state index contributed by atoms with van der Waals surface area (Å²) in [5, 5.41) is 10.9. The first-order chi connectivity index (χ1) is 9.29. The monoisotopic (exact) mass is 278 g/mol. The quantitative estimate of drug-likeness (QED) is 0.678. The van der Waals surface area contributed by atoms with E-state index < -0.39 is 0 Å². The predicted octanol–water partition coefficient (Wildman–Crippen LogP) is 3.11. The second-order valence-corrected chi connectivity index (χ2v) is 5.97. The zero-order chi connectivity index (χ0) is 15.1. The molecule has 1 aromatic rings. The highest BCUT2D eigenvalue weighted by atomic mass is 16.6. The van der Waals surface area contributed by atoms with E-state index in [1.54, 1.807) is 19.1 Å². The van der Waals surface area contributed by atoms with E-state index in [9.17, 15) is 10.1 Å². The molecule has 0 amide bonds. The summed E-state index contributed by atoms with van der Waals surface area (Å²) in [6.07, 6.45) is 1.88. The number of nitro groups is 1. The Morgan fingerprint density at radius 3 is 2.60 bits per heavy atom. The molecule has 0 radical (unpaired) electrons. The molecule has 3 unspecified atom stereocenters. The molecule has 0 aliphatic heterocycles. The Bertz CT molecular complexity index is 544. The topological polar surface area (TPSA) is 78.4 Å². The summed E-state index contributed by atoms with van der Waals surface area (Å²) in [6.45, 7) is 7.82. The molecule has 3 atom stereocenters. The molecule has 0 heterocycles. The third-order valence-electron chi connectivity index (χ3n) is 4.77. The lowest BCUT2D eigenvalue weighted by atomic mass is 9.62. The number of hydrogen-bond donors (Lipinski definition) is 1. The van der Waals surface area contributed by atoms with Gasteiger partial charge < -0.3 is 10.5 Å². The zero-order valence-electron chi connectivity index (χ0n) is 12.5. The molecule has 1 fully saturated rings. The van der Waals surface area contributed by atoms with Crippen LogP contribution in [0, 0.1) is 29.4 Å². The first kappa shape index (κ1) is 14.8. The molecule has 5 heteroatoms. The maximum Gasteiger partial charge on any atom is 0.272 e. The molecule has 1 aliphatic carbocycles. The summed E-state index contributed by atoms with van der Waals surface area (Å²) in [5.74, 6) is 0.727. The van der Waals surface area contributed by atoms with Gasteiger partial charge in [0.05, 0.1) is 4.92 Å². The minimum absolute atomic E-state index is 0.0118. The second kappa shape index (κ2) is 5.05. The number of rotatable bonds is 4. The first-order valence-electron chi connectivity index (χ1n) is 6.97. The number of ether oxygens (including phenoxy) is 1. The molecular formula is C15H22N2O3. The third-order valence-corrected chi connectivity index (χ3v) is 4.77. The van der Waals surface area contributed by atoms with E-state index in [-0.39, 0.29) is 28.2 Å². The van der Waals surface area contributed by atoms with Crippen molar-refractivity contribution in [3.8, 4) is 5.75 Å². The van der Waals surface area contributed by atoms with Crippen LogP contribution in [0.5, 0.6) is 5.75 Å². The van der Waals surface area contributed by atoms with E-state index in [0.29, 0.717) is 5.56 Å². The van der Waals surface area contributed by atoms with Crippen LogP contribution in [0.2, 0.25) is 0 Å². The number of nitrogens with zero attached hydrogens (tertiary/aromatic N) is 1. The Morgan fingerprint density at radius 1 is 1.45 bits per heavy atom. The standard InChI is InChI=1S/C15H22N2O3/c1-5-15(4)13(16)8-14(15)20-12-7-9(2)11(17(18)19)6-10(12)3/h6-7,13-14H,5,8,16H2,1-4H3. The van der Waals surface area contributed by atoms with Crippen LogP contribution in [-0.4, -0.2) is 17.1 Å². The van der Waals surface area contributed by atoms with Crippen LogP contribution >= 0.6 is 0 Å². The van der Waals surface area contributed by atoms with Gasteiger partial charge in [0, 0.05) is 29.5 Å². The van der Waals surface area contributed by atoms with Crippen LogP contribution < -0.4 is 10.5 Å². The van der Waals surface area contributed by atoms with Crippen molar-refractivity contribution in [2.45, 2.75) is 52.7 Å². The van der Waals surface area contributed by atoms with Crippen molar-refractivity contribution in [1.29, 1.82) is 0 Å². The largest absolute Gasteiger partial charge is 0.489 e. The van der Waals surface area contributed by atoms with Crippen molar-refractivity contribution in [1.82, 2.24) is 0 Å². The van der Waals surface area contributed by atoms with Crippen molar-refractivity contribution in [3.05, 3.63) is 33.4 Å². The summed E-state index contributed by atoms with van der Waals surface area (Å²) in [4.78, 5) is 10.6. The highest BCUT2D eigenvalue weighted by molar-refractivity contribution is 5.49. The Balaban J connectivity index is 2.23. The van der Waals surface area contributed by atoms with Crippen molar-refractivity contribution < 1.29 is 9.66 Å². The summed E-state index contributed by atoms with van der Waals surface area (Å²) in [5.41, 5.74) is 7.62. The minimum Gasteiger partial charge on any atom is -0.489 e. The molecule has 0 bridgehead atoms. The van der Waals surface area contributed by atoms with Crippen LogP contribution in [0.1, 0.15) is 37.8 Å². The van der Waals surface area contributed by atoms with E-state index in [1.165, 1.54) is 0 Å². The van der Waals surface area contributed by atoms with Crippen molar-refractivity contribution >= 4 is 5.69 Å². The molecule has 2 N–H and O–H groups in total. The molecule has 0 aromatic heterocycles. The highest BCUT2D eigenvalue weighted by Gasteiger charge is 2.50. The molecule has 1 saturated carbocycles. The van der Waals surface area contributed by atoms with Gasteiger partial charge in [-0.05, 0) is 31.9 Å². The van der Waals surface area contributed by atoms with Crippen molar-refractivity contribution in [2.24, 2.45) is 11.1 Å². The van der Waals surface area contributed by atoms with Gasteiger partial charge >= 0.3 is 0 Å². The van der Waals surface area contributed by atoms with Crippen LogP contribution in [-0.2, 0) is 0 Å². The fourth-order valence-corrected chi connectivity index (χ4v) is 2.77. The molecule has 110 valence electrons. The number of aryl methyl sites for hydroxylation is 2. The van der Waals surface area contributed by atoms with Gasteiger partial charge in [-0.25, -0.2) is 0 Å². The fourth-order valence-electron chi connectivity index (χ4n) is 2.77. The maximum atomic E-state index is 10.9. The van der Waals surface area contributed by atoms with Gasteiger partial charge in [-0.15, -0.1) is 0 Å². The van der Waals surface area contributed by atoms with Gasteiger partial charge in [-0.3, -0.25) is 10.1 Å². The summed E-state index contributed by atoms with van der Waals surface area (Å²) < 4.78 is 6.07. The van der Waals surface area contributed by atoms with E-state index in [0.717, 1.165) is 24.2 Å². The van der Waals surface area contributed by atoms with Gasteiger partial charge in [0.2, 0.25) is 0 Å². The van der Waals surface area contributed by atoms with Crippen LogP contribution in [0.3, 0.4) is 0 Å². The average Bonchev–Trinajstić information content (AvgIpc) is 2.40. The third kappa shape index (κ3) is 2.26. The summed E-state index contributed by atoms with van der Waals surface area (Å²) >= 11 is 0. The molecule has 5 nitrogen and oxygen atoms in total. The lowest BCUT2D eigenvalue weighted by molar-refractivity contribution is -0.385. The molecule has 1 aromatic carbocycles. The van der Waals surface area contributed by atoms with Gasteiger partial charge in [-0.2, -0.15) is 0 Å². The van der Waals surface area contributed by atoms with Gasteiger partial charge in [0.15, 0.2) is 0 Å². The average molecular weight is 278 g/mol. The predicted molar refractivity (Wildman–Crippen MR) is 78.0 cm³/mol. The highest BCUT2D eigenvalue weighted by Crippen LogP contribution is 2.45. The fraction of sp³-hybridized carbons (Fsp3) is 0.600. The van der Waals surface area contributed by atoms with E-state index in [2.05, 4.69) is 13.8 Å². The Hall–Kier alpha value is -1.62. The zero-order valence-corrected chi connectivity index (χ0v) is 12.5. The molecule has 0 spiro atoms. The number of hydrogen-bond acceptors (Lipinski definition) is 4. The van der Waals surface area contributed by atoms with Crippen molar-refractivity contribution in [2.75, 3.05) is 0 Å². The number of nitrogens with two attached hydrogens (primary N) is 1. The summed E-state index contributed by atoms with van der Waals surface area (Å²) in [7, 11) is 0.